The Morgan fingerprint density at radius 2 is 2.17 bits per heavy atom. The maximum Gasteiger partial charge on any atom is 0.296 e. The van der Waals surface area contributed by atoms with E-state index in [1.54, 1.807) is 18.3 Å². The van der Waals surface area contributed by atoms with E-state index in [4.69, 9.17) is 10.2 Å². The molecule has 0 bridgehead atoms. The van der Waals surface area contributed by atoms with E-state index < -0.39 is 0 Å². The van der Waals surface area contributed by atoms with E-state index in [1.165, 1.54) is 0 Å². The van der Waals surface area contributed by atoms with Gasteiger partial charge in [0.05, 0.1) is 12.2 Å². The molecule has 0 radical (unpaired) electrons. The molecule has 1 aromatic carbocycles. The summed E-state index contributed by atoms with van der Waals surface area (Å²) in [6, 6.07) is 11.6. The molecular formula is C13H12N4O. The average molecular weight is 240 g/mol. The number of benzene rings is 1. The van der Waals surface area contributed by atoms with Crippen LogP contribution in [0.1, 0.15) is 5.69 Å². The van der Waals surface area contributed by atoms with Gasteiger partial charge in [-0.1, -0.05) is 6.07 Å². The third-order valence-corrected chi connectivity index (χ3v) is 2.56. The molecule has 3 rings (SSSR count). The van der Waals surface area contributed by atoms with Crippen molar-refractivity contribution in [3.63, 3.8) is 0 Å². The number of nitrogens with zero attached hydrogens (tertiary/aromatic N) is 2. The first kappa shape index (κ1) is 10.6. The molecule has 0 saturated carbocycles. The van der Waals surface area contributed by atoms with E-state index in [-0.39, 0.29) is 0 Å². The second kappa shape index (κ2) is 4.37. The molecule has 0 fully saturated rings. The lowest BCUT2D eigenvalue weighted by molar-refractivity contribution is 0.614. The average Bonchev–Trinajstić information content (AvgIpc) is 2.79. The van der Waals surface area contributed by atoms with Crippen LogP contribution >= 0.6 is 0 Å². The lowest BCUT2D eigenvalue weighted by Gasteiger charge is -1.99. The van der Waals surface area contributed by atoms with E-state index in [2.05, 4.69) is 15.3 Å². The predicted octanol–water partition coefficient (Wildman–Crippen LogP) is 2.42. The fourth-order valence-electron chi connectivity index (χ4n) is 1.69. The van der Waals surface area contributed by atoms with Gasteiger partial charge in [-0.2, -0.15) is 4.98 Å². The number of hydrogen-bond acceptors (Lipinski definition) is 5. The minimum Gasteiger partial charge on any atom is -0.424 e. The molecule has 5 nitrogen and oxygen atoms in total. The van der Waals surface area contributed by atoms with Crippen molar-refractivity contribution in [2.24, 2.45) is 0 Å². The van der Waals surface area contributed by atoms with Crippen molar-refractivity contribution in [1.82, 2.24) is 9.97 Å². The minimum absolute atomic E-state index is 0.473. The number of rotatable bonds is 3. The number of oxazole rings is 1. The van der Waals surface area contributed by atoms with E-state index >= 15 is 0 Å². The molecule has 0 atom stereocenters. The molecule has 3 aromatic rings. The van der Waals surface area contributed by atoms with Gasteiger partial charge in [0.2, 0.25) is 0 Å². The van der Waals surface area contributed by atoms with Gasteiger partial charge in [0, 0.05) is 11.9 Å². The van der Waals surface area contributed by atoms with E-state index in [0.29, 0.717) is 23.8 Å². The van der Waals surface area contributed by atoms with E-state index in [0.717, 1.165) is 11.2 Å². The molecule has 2 heterocycles. The van der Waals surface area contributed by atoms with Gasteiger partial charge < -0.3 is 15.5 Å². The summed E-state index contributed by atoms with van der Waals surface area (Å²) in [4.78, 5) is 8.51. The number of pyridine rings is 1. The van der Waals surface area contributed by atoms with Gasteiger partial charge >= 0.3 is 0 Å². The molecular weight excluding hydrogens is 228 g/mol. The zero-order valence-corrected chi connectivity index (χ0v) is 9.63. The quantitative estimate of drug-likeness (QED) is 0.687. The van der Waals surface area contributed by atoms with Crippen LogP contribution in [0.3, 0.4) is 0 Å². The SMILES string of the molecule is Nc1ccc2oc(NCc3ccccn3)nc2c1. The van der Waals surface area contributed by atoms with Crippen molar-refractivity contribution in [3.05, 3.63) is 48.3 Å². The number of fused-ring (bicyclic) bond motifs is 1. The molecule has 0 spiro atoms. The van der Waals surface area contributed by atoms with Crippen molar-refractivity contribution in [1.29, 1.82) is 0 Å². The van der Waals surface area contributed by atoms with Gasteiger partial charge in [0.15, 0.2) is 5.58 Å². The lowest BCUT2D eigenvalue weighted by Crippen LogP contribution is -2.00. The normalized spacial score (nSPS) is 10.7. The molecule has 0 unspecified atom stereocenters. The fraction of sp³-hybridized carbons (Fsp3) is 0.0769. The summed E-state index contributed by atoms with van der Waals surface area (Å²) >= 11 is 0. The van der Waals surface area contributed by atoms with Crippen molar-refractivity contribution in [2.75, 3.05) is 11.1 Å². The highest BCUT2D eigenvalue weighted by molar-refractivity contribution is 5.78. The fourth-order valence-corrected chi connectivity index (χ4v) is 1.69. The van der Waals surface area contributed by atoms with Crippen LogP contribution in [0.15, 0.2) is 47.0 Å². The van der Waals surface area contributed by atoms with Gasteiger partial charge in [-0.05, 0) is 30.3 Å². The maximum absolute atomic E-state index is 5.69. The third-order valence-electron chi connectivity index (χ3n) is 2.56. The Balaban J connectivity index is 1.79. The Morgan fingerprint density at radius 1 is 1.22 bits per heavy atom. The molecule has 18 heavy (non-hydrogen) atoms. The molecule has 3 N–H and O–H groups in total. The molecule has 5 heteroatoms. The summed E-state index contributed by atoms with van der Waals surface area (Å²) in [5.74, 6) is 0. The first-order chi connectivity index (χ1) is 8.81. The first-order valence-corrected chi connectivity index (χ1v) is 5.61. The smallest absolute Gasteiger partial charge is 0.296 e. The summed E-state index contributed by atoms with van der Waals surface area (Å²) in [5, 5.41) is 3.09. The molecule has 0 aliphatic carbocycles. The number of aromatic nitrogens is 2. The van der Waals surface area contributed by atoms with Gasteiger partial charge in [-0.3, -0.25) is 4.98 Å². The number of nitrogens with two attached hydrogens (primary N) is 1. The first-order valence-electron chi connectivity index (χ1n) is 5.61. The van der Waals surface area contributed by atoms with E-state index in [9.17, 15) is 0 Å². The Morgan fingerprint density at radius 3 is 3.00 bits per heavy atom. The van der Waals surface area contributed by atoms with Crippen molar-refractivity contribution >= 4 is 22.8 Å². The topological polar surface area (TPSA) is 77.0 Å². The van der Waals surface area contributed by atoms with Crippen LogP contribution in [-0.2, 0) is 6.54 Å². The zero-order chi connectivity index (χ0) is 12.4. The van der Waals surface area contributed by atoms with Gasteiger partial charge in [-0.15, -0.1) is 0 Å². The molecule has 0 aliphatic rings. The van der Waals surface area contributed by atoms with Gasteiger partial charge in [0.25, 0.3) is 6.01 Å². The van der Waals surface area contributed by atoms with E-state index in [1.807, 2.05) is 24.3 Å². The van der Waals surface area contributed by atoms with Crippen molar-refractivity contribution in [2.45, 2.75) is 6.54 Å². The highest BCUT2D eigenvalue weighted by atomic mass is 16.4. The molecule has 2 aromatic heterocycles. The largest absolute Gasteiger partial charge is 0.424 e. The third kappa shape index (κ3) is 2.10. The Kier molecular flexibility index (Phi) is 2.57. The summed E-state index contributed by atoms with van der Waals surface area (Å²) in [6.45, 7) is 0.573. The second-order valence-corrected chi connectivity index (χ2v) is 3.92. The molecule has 0 amide bonds. The van der Waals surface area contributed by atoms with Crippen molar-refractivity contribution in [3.8, 4) is 0 Å². The Bertz CT molecular complexity index is 663. The van der Waals surface area contributed by atoms with Crippen LogP contribution in [0, 0.1) is 0 Å². The van der Waals surface area contributed by atoms with Crippen LogP contribution in [0.2, 0.25) is 0 Å². The highest BCUT2D eigenvalue weighted by Gasteiger charge is 2.05. The molecule has 0 saturated heterocycles. The summed E-state index contributed by atoms with van der Waals surface area (Å²) in [5.41, 5.74) is 8.75. The number of nitrogens with one attached hydrogen (secondary N) is 1. The monoisotopic (exact) mass is 240 g/mol. The number of nitrogen functional groups attached to an aromatic ring is 1. The summed E-state index contributed by atoms with van der Waals surface area (Å²) in [7, 11) is 0. The van der Waals surface area contributed by atoms with Crippen LogP contribution in [0.5, 0.6) is 0 Å². The summed E-state index contributed by atoms with van der Waals surface area (Å²) < 4.78 is 5.54. The van der Waals surface area contributed by atoms with Crippen LogP contribution in [0.4, 0.5) is 11.7 Å². The maximum atomic E-state index is 5.69. The van der Waals surface area contributed by atoms with Crippen LogP contribution in [-0.4, -0.2) is 9.97 Å². The van der Waals surface area contributed by atoms with Crippen molar-refractivity contribution < 1.29 is 4.42 Å². The predicted molar refractivity (Wildman–Crippen MR) is 70.0 cm³/mol. The molecule has 0 aliphatic heterocycles. The summed E-state index contributed by atoms with van der Waals surface area (Å²) in [6.07, 6.45) is 1.75. The van der Waals surface area contributed by atoms with Crippen LogP contribution in [0.25, 0.3) is 11.1 Å². The number of anilines is 2. The van der Waals surface area contributed by atoms with Gasteiger partial charge in [-0.25, -0.2) is 0 Å². The standard InChI is InChI=1S/C13H12N4O/c14-9-4-5-12-11(7-9)17-13(18-12)16-8-10-3-1-2-6-15-10/h1-7H,8,14H2,(H,16,17). The lowest BCUT2D eigenvalue weighted by atomic mass is 10.3. The van der Waals surface area contributed by atoms with Crippen LogP contribution < -0.4 is 11.1 Å². The number of hydrogen-bond donors (Lipinski definition) is 2. The molecule has 90 valence electrons. The second-order valence-electron chi connectivity index (χ2n) is 3.92. The van der Waals surface area contributed by atoms with Gasteiger partial charge in [0.1, 0.15) is 5.52 Å². The Labute approximate surface area is 104 Å². The zero-order valence-electron chi connectivity index (χ0n) is 9.63. The Hall–Kier alpha value is -2.56. The minimum atomic E-state index is 0.473. The highest BCUT2D eigenvalue weighted by Crippen LogP contribution is 2.21.